The first kappa shape index (κ1) is 10.5. The Kier molecular flexibility index (Phi) is 2.44. The first-order chi connectivity index (χ1) is 8.29. The second kappa shape index (κ2) is 3.96. The van der Waals surface area contributed by atoms with Crippen LogP contribution in [-0.2, 0) is 9.53 Å². The van der Waals surface area contributed by atoms with Crippen molar-refractivity contribution >= 4 is 23.4 Å². The van der Waals surface area contributed by atoms with Gasteiger partial charge in [0.2, 0.25) is 0 Å². The molecule has 3 rings (SSSR count). The molecule has 0 N–H and O–H groups in total. The highest BCUT2D eigenvalue weighted by atomic mass is 32.1. The quantitative estimate of drug-likeness (QED) is 0.752. The van der Waals surface area contributed by atoms with E-state index in [9.17, 15) is 9.59 Å². The number of ether oxygens (including phenoxy) is 1. The molecular formula is C13H10O3S. The monoisotopic (exact) mass is 246 g/mol. The Morgan fingerprint density at radius 2 is 2.35 bits per heavy atom. The SMILES string of the molecule is O=Cc1cc(C2C=CC3=COCC3C2=O)cs1. The van der Waals surface area contributed by atoms with Gasteiger partial charge in [0.15, 0.2) is 12.1 Å². The molecule has 0 radical (unpaired) electrons. The topological polar surface area (TPSA) is 43.4 Å². The Morgan fingerprint density at radius 1 is 1.47 bits per heavy atom. The molecule has 2 atom stereocenters. The Morgan fingerprint density at radius 3 is 3.12 bits per heavy atom. The number of aldehydes is 1. The molecule has 0 amide bonds. The number of Topliss-reactive ketones (excluding diaryl/α,β-unsaturated/α-hetero) is 1. The fourth-order valence-corrected chi connectivity index (χ4v) is 2.95. The summed E-state index contributed by atoms with van der Waals surface area (Å²) in [6, 6.07) is 1.79. The van der Waals surface area contributed by atoms with Crippen molar-refractivity contribution in [2.24, 2.45) is 5.92 Å². The van der Waals surface area contributed by atoms with Crippen molar-refractivity contribution in [3.8, 4) is 0 Å². The lowest BCUT2D eigenvalue weighted by Crippen LogP contribution is -2.25. The lowest BCUT2D eigenvalue weighted by molar-refractivity contribution is -0.122. The van der Waals surface area contributed by atoms with Crippen LogP contribution in [0.2, 0.25) is 0 Å². The van der Waals surface area contributed by atoms with Crippen LogP contribution in [0.1, 0.15) is 21.2 Å². The molecule has 1 aliphatic carbocycles. The van der Waals surface area contributed by atoms with E-state index in [4.69, 9.17) is 4.74 Å². The third kappa shape index (κ3) is 1.65. The lowest BCUT2D eigenvalue weighted by atomic mass is 9.81. The number of thiophene rings is 1. The molecule has 0 bridgehead atoms. The van der Waals surface area contributed by atoms with Gasteiger partial charge >= 0.3 is 0 Å². The summed E-state index contributed by atoms with van der Waals surface area (Å²) in [4.78, 5) is 23.6. The van der Waals surface area contributed by atoms with E-state index >= 15 is 0 Å². The molecule has 4 heteroatoms. The van der Waals surface area contributed by atoms with Crippen molar-refractivity contribution in [3.63, 3.8) is 0 Å². The van der Waals surface area contributed by atoms with Crippen LogP contribution in [0.3, 0.4) is 0 Å². The van der Waals surface area contributed by atoms with Crippen molar-refractivity contribution in [2.75, 3.05) is 6.61 Å². The summed E-state index contributed by atoms with van der Waals surface area (Å²) < 4.78 is 5.18. The Labute approximate surface area is 102 Å². The number of allylic oxidation sites excluding steroid dienone is 2. The molecular weight excluding hydrogens is 236 g/mol. The Balaban J connectivity index is 1.94. The third-order valence-electron chi connectivity index (χ3n) is 3.13. The number of carbonyl (C=O) groups is 2. The fraction of sp³-hybridized carbons (Fsp3) is 0.231. The maximum atomic E-state index is 12.2. The van der Waals surface area contributed by atoms with Crippen LogP contribution in [-0.4, -0.2) is 18.7 Å². The maximum absolute atomic E-state index is 12.2. The molecule has 0 fully saturated rings. The standard InChI is InChI=1S/C13H10O3S/c14-4-10-3-9(7-17-10)11-2-1-8-5-16-6-12(8)13(11)15/h1-5,7,11-12H,6H2. The third-order valence-corrected chi connectivity index (χ3v) is 4.01. The van der Waals surface area contributed by atoms with Gasteiger partial charge in [-0.15, -0.1) is 11.3 Å². The molecule has 2 heterocycles. The van der Waals surface area contributed by atoms with Gasteiger partial charge in [-0.25, -0.2) is 0 Å². The van der Waals surface area contributed by atoms with Gasteiger partial charge in [0.05, 0.1) is 23.0 Å². The molecule has 17 heavy (non-hydrogen) atoms. The van der Waals surface area contributed by atoms with E-state index in [2.05, 4.69) is 0 Å². The van der Waals surface area contributed by atoms with E-state index in [1.54, 1.807) is 12.3 Å². The van der Waals surface area contributed by atoms with Gasteiger partial charge in [-0.2, -0.15) is 0 Å². The summed E-state index contributed by atoms with van der Waals surface area (Å²) in [5.41, 5.74) is 1.86. The van der Waals surface area contributed by atoms with Crippen LogP contribution in [0.4, 0.5) is 0 Å². The van der Waals surface area contributed by atoms with Crippen molar-refractivity contribution in [3.05, 3.63) is 45.9 Å². The molecule has 0 spiro atoms. The largest absolute Gasteiger partial charge is 0.500 e. The number of rotatable bonds is 2. The summed E-state index contributed by atoms with van der Waals surface area (Å²) in [5.74, 6) is -0.208. The van der Waals surface area contributed by atoms with Crippen LogP contribution in [0, 0.1) is 5.92 Å². The van der Waals surface area contributed by atoms with Gasteiger partial charge in [-0.05, 0) is 17.0 Å². The van der Waals surface area contributed by atoms with Gasteiger partial charge < -0.3 is 4.74 Å². The number of hydrogen-bond acceptors (Lipinski definition) is 4. The van der Waals surface area contributed by atoms with Crippen LogP contribution in [0.5, 0.6) is 0 Å². The molecule has 2 aliphatic rings. The van der Waals surface area contributed by atoms with Gasteiger partial charge in [0.1, 0.15) is 6.61 Å². The van der Waals surface area contributed by atoms with Crippen molar-refractivity contribution in [1.82, 2.24) is 0 Å². The van der Waals surface area contributed by atoms with E-state index in [1.807, 2.05) is 17.5 Å². The number of hydrogen-bond donors (Lipinski definition) is 0. The maximum Gasteiger partial charge on any atom is 0.160 e. The Bertz CT molecular complexity index is 539. The average Bonchev–Trinajstić information content (AvgIpc) is 2.97. The highest BCUT2D eigenvalue weighted by Gasteiger charge is 2.35. The summed E-state index contributed by atoms with van der Waals surface area (Å²) in [7, 11) is 0. The van der Waals surface area contributed by atoms with Crippen LogP contribution >= 0.6 is 11.3 Å². The molecule has 0 aromatic carbocycles. The van der Waals surface area contributed by atoms with E-state index in [-0.39, 0.29) is 17.6 Å². The fourth-order valence-electron chi connectivity index (χ4n) is 2.21. The van der Waals surface area contributed by atoms with Crippen molar-refractivity contribution < 1.29 is 14.3 Å². The smallest absolute Gasteiger partial charge is 0.160 e. The zero-order chi connectivity index (χ0) is 11.8. The van der Waals surface area contributed by atoms with Crippen LogP contribution < -0.4 is 0 Å². The van der Waals surface area contributed by atoms with Crippen LogP contribution in [0.15, 0.2) is 35.4 Å². The molecule has 0 saturated heterocycles. The summed E-state index contributed by atoms with van der Waals surface area (Å²) in [6.07, 6.45) is 6.30. The van der Waals surface area contributed by atoms with Crippen molar-refractivity contribution in [1.29, 1.82) is 0 Å². The molecule has 3 nitrogen and oxygen atoms in total. The highest BCUT2D eigenvalue weighted by Crippen LogP contribution is 2.35. The average molecular weight is 246 g/mol. The van der Waals surface area contributed by atoms with E-state index in [1.165, 1.54) is 11.3 Å². The predicted octanol–water partition coefficient (Wildman–Crippen LogP) is 2.31. The van der Waals surface area contributed by atoms with Gasteiger partial charge in [-0.3, -0.25) is 9.59 Å². The number of carbonyl (C=O) groups excluding carboxylic acids is 2. The number of ketones is 1. The normalized spacial score (nSPS) is 26.4. The predicted molar refractivity (Wildman–Crippen MR) is 64.1 cm³/mol. The molecule has 0 saturated carbocycles. The second-order valence-electron chi connectivity index (χ2n) is 4.14. The van der Waals surface area contributed by atoms with E-state index < -0.39 is 0 Å². The minimum Gasteiger partial charge on any atom is -0.500 e. The Hall–Kier alpha value is -1.68. The zero-order valence-electron chi connectivity index (χ0n) is 8.96. The lowest BCUT2D eigenvalue weighted by Gasteiger charge is -2.20. The molecule has 1 aliphatic heterocycles. The summed E-state index contributed by atoms with van der Waals surface area (Å²) >= 11 is 1.37. The van der Waals surface area contributed by atoms with Crippen LogP contribution in [0.25, 0.3) is 0 Å². The molecule has 1 aromatic rings. The minimum atomic E-state index is -0.233. The van der Waals surface area contributed by atoms with Crippen molar-refractivity contribution in [2.45, 2.75) is 5.92 Å². The highest BCUT2D eigenvalue weighted by molar-refractivity contribution is 7.11. The molecule has 86 valence electrons. The summed E-state index contributed by atoms with van der Waals surface area (Å²) in [6.45, 7) is 0.444. The summed E-state index contributed by atoms with van der Waals surface area (Å²) in [5, 5.41) is 1.88. The second-order valence-corrected chi connectivity index (χ2v) is 5.09. The first-order valence-electron chi connectivity index (χ1n) is 5.37. The zero-order valence-corrected chi connectivity index (χ0v) is 9.78. The van der Waals surface area contributed by atoms with E-state index in [0.717, 1.165) is 17.4 Å². The van der Waals surface area contributed by atoms with E-state index in [0.29, 0.717) is 11.5 Å². The molecule has 2 unspecified atom stereocenters. The van der Waals surface area contributed by atoms with Gasteiger partial charge in [0, 0.05) is 5.57 Å². The first-order valence-corrected chi connectivity index (χ1v) is 6.25. The minimum absolute atomic E-state index is 0.135. The molecule has 1 aromatic heterocycles. The van der Waals surface area contributed by atoms with Gasteiger partial charge in [-0.1, -0.05) is 12.2 Å². The van der Waals surface area contributed by atoms with Gasteiger partial charge in [0.25, 0.3) is 0 Å². The number of fused-ring (bicyclic) bond motifs is 1.